The number of anilines is 1. The van der Waals surface area contributed by atoms with Gasteiger partial charge in [0.25, 0.3) is 0 Å². The molecule has 0 spiro atoms. The summed E-state index contributed by atoms with van der Waals surface area (Å²) in [6, 6.07) is 13.8. The molecule has 0 unspecified atom stereocenters. The van der Waals surface area contributed by atoms with Crippen molar-refractivity contribution < 1.29 is 14.2 Å². The van der Waals surface area contributed by atoms with E-state index in [1.165, 1.54) is 0 Å². The van der Waals surface area contributed by atoms with E-state index in [9.17, 15) is 0 Å². The van der Waals surface area contributed by atoms with Crippen molar-refractivity contribution in [2.75, 3.05) is 32.7 Å². The van der Waals surface area contributed by atoms with Gasteiger partial charge < -0.3 is 19.5 Å². The molecular formula is C23H20N4O3. The summed E-state index contributed by atoms with van der Waals surface area (Å²) >= 11 is 0. The second kappa shape index (κ2) is 7.51. The van der Waals surface area contributed by atoms with Crippen molar-refractivity contribution in [3.63, 3.8) is 0 Å². The van der Waals surface area contributed by atoms with Crippen molar-refractivity contribution >= 4 is 16.7 Å². The van der Waals surface area contributed by atoms with E-state index in [0.717, 1.165) is 44.9 Å². The van der Waals surface area contributed by atoms with Crippen molar-refractivity contribution in [2.45, 2.75) is 0 Å². The van der Waals surface area contributed by atoms with E-state index >= 15 is 0 Å². The number of methoxy groups -OCH3 is 1. The fraction of sp³-hybridized carbons (Fsp3) is 0.174. The molecule has 7 heteroatoms. The monoisotopic (exact) mass is 400 g/mol. The molecule has 0 saturated heterocycles. The van der Waals surface area contributed by atoms with Crippen LogP contribution in [0.1, 0.15) is 0 Å². The summed E-state index contributed by atoms with van der Waals surface area (Å²) in [5.41, 5.74) is 3.55. The zero-order valence-electron chi connectivity index (χ0n) is 16.7. The topological polar surface area (TPSA) is 78.4 Å². The molecule has 3 heterocycles. The molecular weight excluding hydrogens is 380 g/mol. The van der Waals surface area contributed by atoms with Gasteiger partial charge in [-0.15, -0.1) is 0 Å². The Labute approximate surface area is 173 Å². The molecule has 0 saturated carbocycles. The number of ether oxygens (including phenoxy) is 3. The Morgan fingerprint density at radius 2 is 1.80 bits per heavy atom. The predicted molar refractivity (Wildman–Crippen MR) is 115 cm³/mol. The van der Waals surface area contributed by atoms with Gasteiger partial charge in [-0.2, -0.15) is 0 Å². The van der Waals surface area contributed by atoms with Gasteiger partial charge in [-0.25, -0.2) is 9.97 Å². The molecule has 7 nitrogen and oxygen atoms in total. The lowest BCUT2D eigenvalue weighted by molar-refractivity contribution is 0.171. The maximum absolute atomic E-state index is 5.74. The largest absolute Gasteiger partial charge is 0.494 e. The number of fused-ring (bicyclic) bond motifs is 2. The van der Waals surface area contributed by atoms with E-state index < -0.39 is 0 Å². The van der Waals surface area contributed by atoms with Crippen LogP contribution in [0.4, 0.5) is 5.82 Å². The van der Waals surface area contributed by atoms with E-state index in [-0.39, 0.29) is 0 Å². The Bertz CT molecular complexity index is 1230. The van der Waals surface area contributed by atoms with Gasteiger partial charge in [-0.05, 0) is 47.5 Å². The van der Waals surface area contributed by atoms with Gasteiger partial charge >= 0.3 is 0 Å². The van der Waals surface area contributed by atoms with Crippen LogP contribution in [0.25, 0.3) is 33.4 Å². The molecule has 5 rings (SSSR count). The van der Waals surface area contributed by atoms with Crippen LogP contribution in [-0.4, -0.2) is 42.3 Å². The summed E-state index contributed by atoms with van der Waals surface area (Å²) in [5.74, 6) is 3.48. The molecule has 4 aromatic rings. The molecule has 2 aromatic heterocycles. The Morgan fingerprint density at radius 3 is 2.57 bits per heavy atom. The Morgan fingerprint density at radius 1 is 0.933 bits per heavy atom. The molecule has 1 aliphatic heterocycles. The van der Waals surface area contributed by atoms with Gasteiger partial charge in [0.15, 0.2) is 17.3 Å². The van der Waals surface area contributed by atoms with Crippen LogP contribution >= 0.6 is 0 Å². The Hall–Kier alpha value is -3.87. The van der Waals surface area contributed by atoms with E-state index in [2.05, 4.69) is 16.4 Å². The summed E-state index contributed by atoms with van der Waals surface area (Å²) in [6.07, 6.45) is 3.47. The molecule has 150 valence electrons. The van der Waals surface area contributed by atoms with Crippen molar-refractivity contribution in [3.8, 4) is 39.8 Å². The third-order valence-corrected chi connectivity index (χ3v) is 5.02. The van der Waals surface area contributed by atoms with Crippen LogP contribution in [0.5, 0.6) is 17.2 Å². The van der Waals surface area contributed by atoms with Crippen LogP contribution in [0, 0.1) is 0 Å². The maximum Gasteiger partial charge on any atom is 0.163 e. The lowest BCUT2D eigenvalue weighted by atomic mass is 10.0. The van der Waals surface area contributed by atoms with Crippen molar-refractivity contribution in [3.05, 3.63) is 54.9 Å². The number of pyridine rings is 1. The fourth-order valence-corrected chi connectivity index (χ4v) is 3.56. The number of aromatic nitrogens is 3. The van der Waals surface area contributed by atoms with E-state index in [1.807, 2.05) is 43.4 Å². The summed E-state index contributed by atoms with van der Waals surface area (Å²) < 4.78 is 17.1. The quantitative estimate of drug-likeness (QED) is 0.550. The van der Waals surface area contributed by atoms with Gasteiger partial charge in [0.2, 0.25) is 0 Å². The first-order valence-electron chi connectivity index (χ1n) is 9.65. The molecule has 0 radical (unpaired) electrons. The van der Waals surface area contributed by atoms with Crippen LogP contribution in [-0.2, 0) is 0 Å². The smallest absolute Gasteiger partial charge is 0.163 e. The molecule has 1 aliphatic rings. The normalized spacial score (nSPS) is 12.6. The highest BCUT2D eigenvalue weighted by Gasteiger charge is 2.17. The zero-order chi connectivity index (χ0) is 20.5. The van der Waals surface area contributed by atoms with E-state index in [0.29, 0.717) is 24.8 Å². The SMILES string of the molecule is CNc1nc(-c2cccnc2)nc2c(OC)cc(-c3ccc4c(c3)OCCO4)cc12. The minimum atomic E-state index is 0.548. The second-order valence-electron chi connectivity index (χ2n) is 6.82. The summed E-state index contributed by atoms with van der Waals surface area (Å²) in [7, 11) is 3.49. The van der Waals surface area contributed by atoms with Crippen molar-refractivity contribution in [1.82, 2.24) is 15.0 Å². The predicted octanol–water partition coefficient (Wildman–Crippen LogP) is 4.18. The van der Waals surface area contributed by atoms with Gasteiger partial charge in [0.05, 0.1) is 7.11 Å². The Balaban J connectivity index is 1.69. The lowest BCUT2D eigenvalue weighted by Gasteiger charge is -2.19. The minimum Gasteiger partial charge on any atom is -0.494 e. The van der Waals surface area contributed by atoms with Crippen LogP contribution in [0.15, 0.2) is 54.9 Å². The third kappa shape index (κ3) is 3.14. The molecule has 0 fully saturated rings. The standard InChI is InChI=1S/C23H20N4O3/c1-24-23-17-10-16(14-5-6-18-19(11-14)30-9-8-29-18)12-20(28-2)21(17)26-22(27-23)15-4-3-7-25-13-15/h3-7,10-13H,8-9H2,1-2H3,(H,24,26,27). The van der Waals surface area contributed by atoms with Crippen LogP contribution in [0.2, 0.25) is 0 Å². The summed E-state index contributed by atoms with van der Waals surface area (Å²) in [6.45, 7) is 1.12. The van der Waals surface area contributed by atoms with Gasteiger partial charge in [0, 0.05) is 30.4 Å². The molecule has 2 aromatic carbocycles. The lowest BCUT2D eigenvalue weighted by Crippen LogP contribution is -2.15. The molecule has 0 atom stereocenters. The minimum absolute atomic E-state index is 0.548. The van der Waals surface area contributed by atoms with Gasteiger partial charge in [-0.3, -0.25) is 4.98 Å². The van der Waals surface area contributed by atoms with E-state index in [1.54, 1.807) is 19.5 Å². The summed E-state index contributed by atoms with van der Waals surface area (Å²) in [5, 5.41) is 4.06. The first kappa shape index (κ1) is 18.2. The fourth-order valence-electron chi connectivity index (χ4n) is 3.56. The van der Waals surface area contributed by atoms with Crippen LogP contribution in [0.3, 0.4) is 0 Å². The van der Waals surface area contributed by atoms with Gasteiger partial charge in [0.1, 0.15) is 30.3 Å². The number of hydrogen-bond acceptors (Lipinski definition) is 7. The van der Waals surface area contributed by atoms with Crippen LogP contribution < -0.4 is 19.5 Å². The first-order chi connectivity index (χ1) is 14.8. The highest BCUT2D eigenvalue weighted by atomic mass is 16.6. The Kier molecular flexibility index (Phi) is 4.55. The molecule has 0 amide bonds. The zero-order valence-corrected chi connectivity index (χ0v) is 16.7. The average molecular weight is 400 g/mol. The highest BCUT2D eigenvalue weighted by Crippen LogP contribution is 2.39. The number of benzene rings is 2. The first-order valence-corrected chi connectivity index (χ1v) is 9.65. The number of nitrogens with zero attached hydrogens (tertiary/aromatic N) is 3. The summed E-state index contributed by atoms with van der Waals surface area (Å²) in [4.78, 5) is 13.7. The van der Waals surface area contributed by atoms with Crippen molar-refractivity contribution in [2.24, 2.45) is 0 Å². The third-order valence-electron chi connectivity index (χ3n) is 5.02. The number of rotatable bonds is 4. The number of hydrogen-bond donors (Lipinski definition) is 1. The van der Waals surface area contributed by atoms with Gasteiger partial charge in [-0.1, -0.05) is 6.07 Å². The second-order valence-corrected chi connectivity index (χ2v) is 6.82. The average Bonchev–Trinajstić information content (AvgIpc) is 2.82. The highest BCUT2D eigenvalue weighted by molar-refractivity contribution is 5.98. The number of nitrogens with one attached hydrogen (secondary N) is 1. The molecule has 30 heavy (non-hydrogen) atoms. The molecule has 1 N–H and O–H groups in total. The van der Waals surface area contributed by atoms with Crippen molar-refractivity contribution in [1.29, 1.82) is 0 Å². The van der Waals surface area contributed by atoms with E-state index in [4.69, 9.17) is 24.2 Å². The molecule has 0 bridgehead atoms. The molecule has 0 aliphatic carbocycles. The maximum atomic E-state index is 5.74.